The highest BCUT2D eigenvalue weighted by Crippen LogP contribution is 2.22. The van der Waals surface area contributed by atoms with E-state index in [0.29, 0.717) is 19.5 Å². The minimum Gasteiger partial charge on any atom is -0.390 e. The van der Waals surface area contributed by atoms with Gasteiger partial charge in [-0.15, -0.1) is 0 Å². The van der Waals surface area contributed by atoms with Crippen LogP contribution in [-0.2, 0) is 11.4 Å². The van der Waals surface area contributed by atoms with Crippen molar-refractivity contribution in [2.24, 2.45) is 5.16 Å². The van der Waals surface area contributed by atoms with Crippen molar-refractivity contribution in [2.45, 2.75) is 19.1 Å². The first-order valence-corrected chi connectivity index (χ1v) is 10.6. The van der Waals surface area contributed by atoms with E-state index in [-0.39, 0.29) is 17.6 Å². The molecule has 32 heavy (non-hydrogen) atoms. The fourth-order valence-corrected chi connectivity index (χ4v) is 3.72. The van der Waals surface area contributed by atoms with Crippen molar-refractivity contribution in [1.82, 2.24) is 4.90 Å². The second-order valence-electron chi connectivity index (χ2n) is 8.06. The number of anilines is 1. The zero-order valence-corrected chi connectivity index (χ0v) is 18.2. The van der Waals surface area contributed by atoms with Gasteiger partial charge in [-0.25, -0.2) is 4.39 Å². The van der Waals surface area contributed by atoms with E-state index in [2.05, 4.69) is 5.16 Å². The van der Waals surface area contributed by atoms with E-state index < -0.39 is 5.82 Å². The standard InChI is InChI=1S/C26H26FN3O2/c1-29(2)21-14-12-20(13-15-21)25-16-22(32-28-25)18-30(17-19-8-4-3-5-9-19)26(31)23-10-6-7-11-24(23)27/h3-15,22H,16-18H2,1-2H3. The molecule has 0 bridgehead atoms. The van der Waals surface area contributed by atoms with Gasteiger partial charge < -0.3 is 14.6 Å². The highest BCUT2D eigenvalue weighted by atomic mass is 19.1. The first-order valence-electron chi connectivity index (χ1n) is 10.6. The van der Waals surface area contributed by atoms with Gasteiger partial charge in [0.15, 0.2) is 6.10 Å². The number of hydrogen-bond acceptors (Lipinski definition) is 4. The molecule has 1 heterocycles. The molecule has 3 aromatic rings. The largest absolute Gasteiger partial charge is 0.390 e. The van der Waals surface area contributed by atoms with Crippen LogP contribution < -0.4 is 4.90 Å². The zero-order valence-electron chi connectivity index (χ0n) is 18.2. The average molecular weight is 432 g/mol. The maximum absolute atomic E-state index is 14.3. The number of carbonyl (C=O) groups excluding carboxylic acids is 1. The highest BCUT2D eigenvalue weighted by molar-refractivity contribution is 6.01. The third-order valence-electron chi connectivity index (χ3n) is 5.48. The molecule has 0 N–H and O–H groups in total. The summed E-state index contributed by atoms with van der Waals surface area (Å²) in [5.74, 6) is -0.889. The normalized spacial score (nSPS) is 15.1. The molecule has 0 aromatic heterocycles. The number of oxime groups is 1. The summed E-state index contributed by atoms with van der Waals surface area (Å²) in [6.07, 6.45) is 0.287. The van der Waals surface area contributed by atoms with Crippen molar-refractivity contribution in [3.8, 4) is 0 Å². The van der Waals surface area contributed by atoms with Crippen LogP contribution in [0.4, 0.5) is 10.1 Å². The molecule has 0 spiro atoms. The molecule has 1 atom stereocenters. The molecule has 1 amide bonds. The van der Waals surface area contributed by atoms with Crippen LogP contribution in [0, 0.1) is 5.82 Å². The molecule has 0 saturated carbocycles. The van der Waals surface area contributed by atoms with E-state index in [9.17, 15) is 9.18 Å². The second-order valence-corrected chi connectivity index (χ2v) is 8.06. The molecule has 1 aliphatic heterocycles. The van der Waals surface area contributed by atoms with Crippen molar-refractivity contribution in [3.63, 3.8) is 0 Å². The lowest BCUT2D eigenvalue weighted by molar-refractivity contribution is 0.0402. The fourth-order valence-electron chi connectivity index (χ4n) is 3.72. The Balaban J connectivity index is 1.49. The molecule has 1 aliphatic rings. The van der Waals surface area contributed by atoms with E-state index in [1.54, 1.807) is 17.0 Å². The van der Waals surface area contributed by atoms with Gasteiger partial charge in [-0.05, 0) is 35.4 Å². The van der Waals surface area contributed by atoms with Gasteiger partial charge in [0, 0.05) is 32.7 Å². The third kappa shape index (κ3) is 4.97. The predicted molar refractivity (Wildman–Crippen MR) is 124 cm³/mol. The van der Waals surface area contributed by atoms with Gasteiger partial charge in [0.25, 0.3) is 5.91 Å². The summed E-state index contributed by atoms with van der Waals surface area (Å²) in [5, 5.41) is 4.26. The Hall–Kier alpha value is -3.67. The molecule has 1 unspecified atom stereocenters. The number of nitrogens with zero attached hydrogens (tertiary/aromatic N) is 3. The number of amides is 1. The number of hydrogen-bond donors (Lipinski definition) is 0. The highest BCUT2D eigenvalue weighted by Gasteiger charge is 2.28. The topological polar surface area (TPSA) is 45.1 Å². The minimum atomic E-state index is -0.527. The van der Waals surface area contributed by atoms with Crippen LogP contribution in [-0.4, -0.2) is 43.3 Å². The fraction of sp³-hybridized carbons (Fsp3) is 0.231. The first kappa shape index (κ1) is 21.6. The van der Waals surface area contributed by atoms with Gasteiger partial charge in [0.05, 0.1) is 17.8 Å². The van der Waals surface area contributed by atoms with E-state index in [1.165, 1.54) is 12.1 Å². The summed E-state index contributed by atoms with van der Waals surface area (Å²) >= 11 is 0. The lowest BCUT2D eigenvalue weighted by atomic mass is 10.0. The summed E-state index contributed by atoms with van der Waals surface area (Å²) in [5.41, 5.74) is 3.97. The van der Waals surface area contributed by atoms with Gasteiger partial charge in [-0.2, -0.15) is 0 Å². The maximum atomic E-state index is 14.3. The quantitative estimate of drug-likeness (QED) is 0.543. The van der Waals surface area contributed by atoms with Gasteiger partial charge in [-0.3, -0.25) is 4.79 Å². The van der Waals surface area contributed by atoms with Crippen LogP contribution in [0.2, 0.25) is 0 Å². The van der Waals surface area contributed by atoms with Crippen molar-refractivity contribution in [1.29, 1.82) is 0 Å². The molecule has 0 aliphatic carbocycles. The van der Waals surface area contributed by atoms with Crippen LogP contribution in [0.5, 0.6) is 0 Å². The predicted octanol–water partition coefficient (Wildman–Crippen LogP) is 4.73. The number of benzene rings is 3. The van der Waals surface area contributed by atoms with Crippen LogP contribution in [0.15, 0.2) is 84.0 Å². The Morgan fingerprint density at radius 1 is 1.00 bits per heavy atom. The van der Waals surface area contributed by atoms with Crippen LogP contribution in [0.1, 0.15) is 27.9 Å². The van der Waals surface area contributed by atoms with Crippen LogP contribution in [0.25, 0.3) is 0 Å². The molecule has 5 nitrogen and oxygen atoms in total. The van der Waals surface area contributed by atoms with E-state index >= 15 is 0 Å². The monoisotopic (exact) mass is 431 g/mol. The summed E-state index contributed by atoms with van der Waals surface area (Å²) in [6, 6.07) is 23.8. The van der Waals surface area contributed by atoms with Gasteiger partial charge in [0.1, 0.15) is 5.82 Å². The van der Waals surface area contributed by atoms with Crippen LogP contribution >= 0.6 is 0 Å². The van der Waals surface area contributed by atoms with Gasteiger partial charge in [-0.1, -0.05) is 59.8 Å². The Kier molecular flexibility index (Phi) is 6.50. The van der Waals surface area contributed by atoms with Gasteiger partial charge >= 0.3 is 0 Å². The van der Waals surface area contributed by atoms with Crippen molar-refractivity contribution >= 4 is 17.3 Å². The Morgan fingerprint density at radius 2 is 1.69 bits per heavy atom. The third-order valence-corrected chi connectivity index (χ3v) is 5.48. The molecule has 164 valence electrons. The van der Waals surface area contributed by atoms with E-state index in [0.717, 1.165) is 22.5 Å². The van der Waals surface area contributed by atoms with E-state index in [4.69, 9.17) is 4.84 Å². The smallest absolute Gasteiger partial charge is 0.257 e. The van der Waals surface area contributed by atoms with Crippen molar-refractivity contribution < 1.29 is 14.0 Å². The molecule has 0 radical (unpaired) electrons. The molecule has 6 heteroatoms. The summed E-state index contributed by atoms with van der Waals surface area (Å²) in [7, 11) is 3.99. The molecular formula is C26H26FN3O2. The van der Waals surface area contributed by atoms with Crippen LogP contribution in [0.3, 0.4) is 0 Å². The van der Waals surface area contributed by atoms with Gasteiger partial charge in [0.2, 0.25) is 0 Å². The maximum Gasteiger partial charge on any atom is 0.257 e. The lowest BCUT2D eigenvalue weighted by Gasteiger charge is -2.25. The summed E-state index contributed by atoms with van der Waals surface area (Å²) < 4.78 is 14.3. The number of rotatable bonds is 7. The Bertz CT molecular complexity index is 1100. The Labute approximate surface area is 187 Å². The number of carbonyl (C=O) groups is 1. The molecular weight excluding hydrogens is 405 g/mol. The van der Waals surface area contributed by atoms with Crippen molar-refractivity contribution in [3.05, 3.63) is 101 Å². The second kappa shape index (κ2) is 9.64. The molecule has 0 saturated heterocycles. The zero-order chi connectivity index (χ0) is 22.5. The first-order chi connectivity index (χ1) is 15.5. The number of halogens is 1. The summed E-state index contributed by atoms with van der Waals surface area (Å²) in [4.78, 5) is 22.5. The summed E-state index contributed by atoms with van der Waals surface area (Å²) in [6.45, 7) is 0.672. The average Bonchev–Trinajstić information content (AvgIpc) is 3.28. The van der Waals surface area contributed by atoms with E-state index in [1.807, 2.05) is 73.6 Å². The lowest BCUT2D eigenvalue weighted by Crippen LogP contribution is -2.37. The van der Waals surface area contributed by atoms with Crippen molar-refractivity contribution in [2.75, 3.05) is 25.5 Å². The molecule has 3 aromatic carbocycles. The SMILES string of the molecule is CN(C)c1ccc(C2=NOC(CN(Cc3ccccc3)C(=O)c3ccccc3F)C2)cc1. The minimum absolute atomic E-state index is 0.0573. The molecule has 0 fully saturated rings. The Morgan fingerprint density at radius 3 is 2.38 bits per heavy atom. The molecule has 4 rings (SSSR count).